The van der Waals surface area contributed by atoms with Gasteiger partial charge in [-0.25, -0.2) is 0 Å². The average Bonchev–Trinajstić information content (AvgIpc) is 4.53. The Balaban J connectivity index is 0.000000198. The highest BCUT2D eigenvalue weighted by atomic mass is 35.5. The lowest BCUT2D eigenvalue weighted by molar-refractivity contribution is -0.385. The number of nitrogens with one attached hydrogen (secondary N) is 2. The highest BCUT2D eigenvalue weighted by Gasteiger charge is 2.40. The summed E-state index contributed by atoms with van der Waals surface area (Å²) in [5, 5.41) is 20.9. The second-order valence-corrected chi connectivity index (χ2v) is 25.5. The third kappa shape index (κ3) is 14.2. The van der Waals surface area contributed by atoms with Crippen molar-refractivity contribution in [3.05, 3.63) is 149 Å². The van der Waals surface area contributed by atoms with Crippen molar-refractivity contribution in [3.8, 4) is 34.4 Å². The van der Waals surface area contributed by atoms with Gasteiger partial charge in [-0.05, 0) is 91.4 Å². The monoisotopic (exact) mass is 1210 g/mol. The highest BCUT2D eigenvalue weighted by molar-refractivity contribution is 7.87. The van der Waals surface area contributed by atoms with Crippen molar-refractivity contribution in [1.82, 2.24) is 37.6 Å². The van der Waals surface area contributed by atoms with Crippen LogP contribution in [0.5, 0.6) is 23.0 Å². The Hall–Kier alpha value is -7.04. The number of rotatable bonds is 21. The van der Waals surface area contributed by atoms with E-state index in [4.69, 9.17) is 47.9 Å². The molecule has 28 heteroatoms. The van der Waals surface area contributed by atoms with Crippen LogP contribution in [-0.4, -0.2) is 130 Å². The fourth-order valence-electron chi connectivity index (χ4n) is 9.09. The molecule has 0 atom stereocenters. The number of hydrogen-bond donors (Lipinski definition) is 3. The summed E-state index contributed by atoms with van der Waals surface area (Å²) in [6.45, 7) is 7.20. The first-order valence-electron chi connectivity index (χ1n) is 26.3. The van der Waals surface area contributed by atoms with Crippen molar-refractivity contribution >= 4 is 66.4 Å². The summed E-state index contributed by atoms with van der Waals surface area (Å²) in [6.07, 6.45) is 7.30. The SMILES string of the molecule is COc1cc(CNS(=O)(=O)N2CCN(c3cnn(-c4cccc(Cl)c4)c(=O)c3OCC3(C)CC3)CC2)ccc1N.COc1cc(CNS(=O)(=O)N2CCN(c3cnn(-c4cccc(Cl)c4)c(=O)c3OCC3(C)CC3)CC2)ccc1[N+](=O)[O-]. The van der Waals surface area contributed by atoms with E-state index in [-0.39, 0.29) is 78.6 Å². The molecular formula is C54H64Cl2N12O12S2. The summed E-state index contributed by atoms with van der Waals surface area (Å²) >= 11 is 12.3. The molecule has 4 fully saturated rings. The maximum absolute atomic E-state index is 13.6. The van der Waals surface area contributed by atoms with E-state index in [0.717, 1.165) is 31.2 Å². The van der Waals surface area contributed by atoms with Crippen LogP contribution in [0.2, 0.25) is 10.0 Å². The van der Waals surface area contributed by atoms with E-state index in [1.165, 1.54) is 50.4 Å². The van der Waals surface area contributed by atoms with Gasteiger partial charge < -0.3 is 34.5 Å². The van der Waals surface area contributed by atoms with Crippen molar-refractivity contribution in [3.63, 3.8) is 0 Å². The number of benzene rings is 4. The summed E-state index contributed by atoms with van der Waals surface area (Å²) in [7, 11) is -4.78. The molecule has 0 spiro atoms. The molecule has 0 amide bonds. The summed E-state index contributed by atoms with van der Waals surface area (Å²) in [5.41, 5.74) is 8.73. The Kier molecular flexibility index (Phi) is 18.0. The zero-order chi connectivity index (χ0) is 58.6. The van der Waals surface area contributed by atoms with Crippen molar-refractivity contribution in [2.24, 2.45) is 10.8 Å². The van der Waals surface area contributed by atoms with Crippen LogP contribution in [0.4, 0.5) is 22.7 Å². The lowest BCUT2D eigenvalue weighted by Gasteiger charge is -2.35. The van der Waals surface area contributed by atoms with Crippen LogP contribution in [0.25, 0.3) is 11.4 Å². The number of nitrogens with zero attached hydrogens (tertiary/aromatic N) is 9. The molecule has 6 aromatic rings. The molecule has 2 saturated carbocycles. The van der Waals surface area contributed by atoms with Gasteiger partial charge in [0, 0.05) is 92.4 Å². The fraction of sp³-hybridized carbons (Fsp3) is 0.407. The second kappa shape index (κ2) is 24.8. The lowest BCUT2D eigenvalue weighted by Crippen LogP contribution is -2.52. The Labute approximate surface area is 484 Å². The molecule has 4 aromatic carbocycles. The summed E-state index contributed by atoms with van der Waals surface area (Å²) in [5.74, 6) is 0.907. The van der Waals surface area contributed by atoms with Crippen LogP contribution in [0.1, 0.15) is 50.7 Å². The predicted octanol–water partition coefficient (Wildman–Crippen LogP) is 5.95. The van der Waals surface area contributed by atoms with Crippen LogP contribution < -0.4 is 55.0 Å². The molecule has 10 rings (SSSR count). The Bertz CT molecular complexity index is 3680. The minimum Gasteiger partial charge on any atom is -0.495 e. The predicted molar refractivity (Wildman–Crippen MR) is 312 cm³/mol. The van der Waals surface area contributed by atoms with Crippen LogP contribution >= 0.6 is 23.2 Å². The second-order valence-electron chi connectivity index (χ2n) is 21.1. The number of nitro benzene ring substituents is 1. The number of aromatic nitrogens is 4. The van der Waals surface area contributed by atoms with Gasteiger partial charge >= 0.3 is 16.8 Å². The van der Waals surface area contributed by atoms with Crippen LogP contribution in [0.3, 0.4) is 0 Å². The third-order valence-electron chi connectivity index (χ3n) is 14.8. The molecule has 2 aliphatic heterocycles. The first-order chi connectivity index (χ1) is 39.1. The molecule has 0 unspecified atom stereocenters. The molecule has 4 N–H and O–H groups in total. The van der Waals surface area contributed by atoms with Gasteiger partial charge in [-0.3, -0.25) is 19.7 Å². The van der Waals surface area contributed by atoms with Gasteiger partial charge in [-0.1, -0.05) is 61.3 Å². The van der Waals surface area contributed by atoms with Gasteiger partial charge in [0.15, 0.2) is 5.75 Å². The van der Waals surface area contributed by atoms with Crippen molar-refractivity contribution in [2.45, 2.75) is 52.6 Å². The maximum Gasteiger partial charge on any atom is 0.316 e. The summed E-state index contributed by atoms with van der Waals surface area (Å²) in [6, 6.07) is 23.0. The first-order valence-corrected chi connectivity index (χ1v) is 30.0. The van der Waals surface area contributed by atoms with Crippen LogP contribution in [-0.2, 0) is 33.5 Å². The smallest absolute Gasteiger partial charge is 0.316 e. The van der Waals surface area contributed by atoms with E-state index in [9.17, 15) is 36.5 Å². The fourth-order valence-corrected chi connectivity index (χ4v) is 11.8. The van der Waals surface area contributed by atoms with Crippen molar-refractivity contribution in [2.75, 3.05) is 95.3 Å². The largest absolute Gasteiger partial charge is 0.495 e. The van der Waals surface area contributed by atoms with Gasteiger partial charge in [0.1, 0.15) is 17.1 Å². The summed E-state index contributed by atoms with van der Waals surface area (Å²) < 4.78 is 85.1. The van der Waals surface area contributed by atoms with Gasteiger partial charge in [0.05, 0.1) is 61.8 Å². The number of nitrogens with two attached hydrogens (primary N) is 1. The number of hydrogen-bond acceptors (Lipinski definition) is 17. The minimum atomic E-state index is -3.86. The van der Waals surface area contributed by atoms with E-state index in [0.29, 0.717) is 89.2 Å². The molecular weight excluding hydrogens is 1140 g/mol. The molecule has 2 aliphatic carbocycles. The number of methoxy groups -OCH3 is 2. The molecule has 0 bridgehead atoms. The molecule has 24 nitrogen and oxygen atoms in total. The third-order valence-corrected chi connectivity index (χ3v) is 18.3. The number of nitrogen functional groups attached to an aromatic ring is 1. The quantitative estimate of drug-likeness (QED) is 0.0426. The topological polar surface area (TPSA) is 281 Å². The maximum atomic E-state index is 13.6. The summed E-state index contributed by atoms with van der Waals surface area (Å²) in [4.78, 5) is 41.5. The highest BCUT2D eigenvalue weighted by Crippen LogP contribution is 2.46. The van der Waals surface area contributed by atoms with Gasteiger partial charge in [0.2, 0.25) is 11.5 Å². The Morgan fingerprint density at radius 1 is 0.622 bits per heavy atom. The molecule has 82 heavy (non-hydrogen) atoms. The number of nitro groups is 1. The number of piperazine rings is 2. The van der Waals surface area contributed by atoms with E-state index >= 15 is 0 Å². The van der Waals surface area contributed by atoms with E-state index in [2.05, 4.69) is 33.5 Å². The van der Waals surface area contributed by atoms with Crippen LogP contribution in [0.15, 0.2) is 107 Å². The van der Waals surface area contributed by atoms with E-state index < -0.39 is 30.9 Å². The number of ether oxygens (including phenoxy) is 4. The van der Waals surface area contributed by atoms with Gasteiger partial charge in [0.25, 0.3) is 20.4 Å². The Morgan fingerprint density at radius 3 is 1.43 bits per heavy atom. The average molecular weight is 1210 g/mol. The zero-order valence-corrected chi connectivity index (χ0v) is 48.8. The molecule has 438 valence electrons. The minimum absolute atomic E-state index is 0.0278. The van der Waals surface area contributed by atoms with Crippen molar-refractivity contribution in [1.29, 1.82) is 0 Å². The molecule has 0 radical (unpaired) electrons. The standard InChI is InChI=1S/C27H31ClN6O7S.C27H33ClN6O5S/c1-27(8-9-27)18-41-25-23(17-29-33(26(25)35)21-5-3-4-20(28)15-21)31-10-12-32(13-11-31)42(38,39)30-16-19-6-7-22(34(36)37)24(14-19)40-2;1-27(8-9-27)18-39-25-23(17-30-34(26(25)35)21-5-3-4-20(28)15-21)32-10-12-33(13-11-32)40(36,37)31-16-19-6-7-22(29)24(14-19)38-2/h3-7,14-15,17,30H,8-13,16,18H2,1-2H3;3-7,14-15,17,31H,8-13,16,18,29H2,1-2H3. The lowest BCUT2D eigenvalue weighted by atomic mass is 10.2. The Morgan fingerprint density at radius 2 is 1.04 bits per heavy atom. The molecule has 2 saturated heterocycles. The zero-order valence-electron chi connectivity index (χ0n) is 45.6. The number of anilines is 3. The van der Waals surface area contributed by atoms with Gasteiger partial charge in [-0.15, -0.1) is 0 Å². The molecule has 2 aromatic heterocycles. The van der Waals surface area contributed by atoms with Gasteiger partial charge in [-0.2, -0.15) is 54.5 Å². The van der Waals surface area contributed by atoms with E-state index in [1.807, 2.05) is 9.80 Å². The first kappa shape index (κ1) is 59.6. The van der Waals surface area contributed by atoms with E-state index in [1.54, 1.807) is 79.1 Å². The molecule has 4 aliphatic rings. The van der Waals surface area contributed by atoms with Crippen LogP contribution in [0, 0.1) is 20.9 Å². The molecule has 4 heterocycles. The number of halogens is 2. The van der Waals surface area contributed by atoms with Crippen molar-refractivity contribution < 1.29 is 40.7 Å². The normalized spacial score (nSPS) is 16.9.